The van der Waals surface area contributed by atoms with E-state index in [4.69, 9.17) is 0 Å². The van der Waals surface area contributed by atoms with Crippen molar-refractivity contribution in [1.82, 2.24) is 10.3 Å². The highest BCUT2D eigenvalue weighted by molar-refractivity contribution is 9.10. The second-order valence-electron chi connectivity index (χ2n) is 3.76. The number of aromatic nitrogens is 1. The Morgan fingerprint density at radius 3 is 3.11 bits per heavy atom. The Balaban J connectivity index is 1.88. The number of hydrogen-bond acceptors (Lipinski definition) is 4. The van der Waals surface area contributed by atoms with Crippen LogP contribution >= 0.6 is 39.0 Å². The van der Waals surface area contributed by atoms with Crippen molar-refractivity contribution in [2.45, 2.75) is 24.1 Å². The van der Waals surface area contributed by atoms with Crippen molar-refractivity contribution in [3.05, 3.63) is 44.8 Å². The fourth-order valence-electron chi connectivity index (χ4n) is 1.45. The summed E-state index contributed by atoms with van der Waals surface area (Å²) in [6.07, 6.45) is 0. The molecule has 0 radical (unpaired) electrons. The number of benzene rings is 1. The zero-order valence-electron chi connectivity index (χ0n) is 10.1. The van der Waals surface area contributed by atoms with Crippen molar-refractivity contribution in [2.24, 2.45) is 0 Å². The minimum atomic E-state index is 0.870. The van der Waals surface area contributed by atoms with E-state index in [0.717, 1.165) is 29.0 Å². The molecule has 1 aromatic heterocycles. The van der Waals surface area contributed by atoms with Gasteiger partial charge in [0.15, 0.2) is 0 Å². The molecule has 18 heavy (non-hydrogen) atoms. The molecule has 0 aliphatic carbocycles. The fraction of sp³-hybridized carbons (Fsp3) is 0.308. The highest BCUT2D eigenvalue weighted by Gasteiger charge is 2.03. The van der Waals surface area contributed by atoms with Gasteiger partial charge in [0.2, 0.25) is 0 Å². The molecule has 1 N–H and O–H groups in total. The molecular weight excluding hydrogens is 328 g/mol. The molecule has 0 amide bonds. The van der Waals surface area contributed by atoms with Crippen molar-refractivity contribution in [3.63, 3.8) is 0 Å². The van der Waals surface area contributed by atoms with E-state index < -0.39 is 0 Å². The Labute approximate surface area is 124 Å². The van der Waals surface area contributed by atoms with E-state index in [1.807, 2.05) is 17.8 Å². The lowest BCUT2D eigenvalue weighted by Crippen LogP contribution is -2.11. The number of thioether (sulfide) groups is 1. The lowest BCUT2D eigenvalue weighted by atomic mass is 10.4. The summed E-state index contributed by atoms with van der Waals surface area (Å²) in [6, 6.07) is 8.37. The summed E-state index contributed by atoms with van der Waals surface area (Å²) in [6.45, 7) is 3.96. The quantitative estimate of drug-likeness (QED) is 0.792. The first-order chi connectivity index (χ1) is 8.78. The lowest BCUT2D eigenvalue weighted by Gasteiger charge is -2.00. The summed E-state index contributed by atoms with van der Waals surface area (Å²) >= 11 is 7.05. The molecule has 0 atom stereocenters. The Kier molecular flexibility index (Phi) is 5.69. The van der Waals surface area contributed by atoms with Crippen LogP contribution in [0.5, 0.6) is 0 Å². The Morgan fingerprint density at radius 2 is 2.33 bits per heavy atom. The van der Waals surface area contributed by atoms with Crippen LogP contribution in [0.3, 0.4) is 0 Å². The third kappa shape index (κ3) is 4.39. The first-order valence-electron chi connectivity index (χ1n) is 5.80. The highest BCUT2D eigenvalue weighted by atomic mass is 79.9. The van der Waals surface area contributed by atoms with Crippen molar-refractivity contribution < 1.29 is 0 Å². The molecule has 0 saturated heterocycles. The van der Waals surface area contributed by atoms with E-state index in [9.17, 15) is 0 Å². The van der Waals surface area contributed by atoms with Crippen LogP contribution in [0.2, 0.25) is 0 Å². The topological polar surface area (TPSA) is 24.9 Å². The molecule has 0 bridgehead atoms. The molecule has 0 spiro atoms. The van der Waals surface area contributed by atoms with Gasteiger partial charge < -0.3 is 5.32 Å². The second-order valence-corrected chi connectivity index (χ2v) is 6.67. The maximum Gasteiger partial charge on any atom is 0.103 e. The van der Waals surface area contributed by atoms with Gasteiger partial charge in [0.25, 0.3) is 0 Å². The largest absolute Gasteiger partial charge is 0.311 e. The molecule has 0 aliphatic rings. The molecule has 2 nitrogen and oxygen atoms in total. The van der Waals surface area contributed by atoms with Crippen LogP contribution < -0.4 is 5.32 Å². The molecular formula is C13H15BrN2S2. The number of nitrogens with zero attached hydrogens (tertiary/aromatic N) is 1. The summed E-state index contributed by atoms with van der Waals surface area (Å²) in [4.78, 5) is 5.88. The van der Waals surface area contributed by atoms with Gasteiger partial charge in [-0.25, -0.2) is 4.98 Å². The molecule has 0 saturated carbocycles. The molecule has 1 heterocycles. The van der Waals surface area contributed by atoms with Crippen LogP contribution in [0.1, 0.15) is 17.6 Å². The van der Waals surface area contributed by atoms with Crippen LogP contribution in [0.4, 0.5) is 0 Å². The van der Waals surface area contributed by atoms with Gasteiger partial charge in [-0.15, -0.1) is 23.1 Å². The summed E-state index contributed by atoms with van der Waals surface area (Å²) in [5.74, 6) is 0.938. The van der Waals surface area contributed by atoms with Gasteiger partial charge in [-0.1, -0.05) is 28.9 Å². The van der Waals surface area contributed by atoms with Crippen LogP contribution in [-0.2, 0) is 12.3 Å². The monoisotopic (exact) mass is 342 g/mol. The van der Waals surface area contributed by atoms with Crippen molar-refractivity contribution in [3.8, 4) is 0 Å². The van der Waals surface area contributed by atoms with Gasteiger partial charge in [-0.05, 0) is 24.7 Å². The second kappa shape index (κ2) is 7.28. The zero-order chi connectivity index (χ0) is 12.8. The van der Waals surface area contributed by atoms with Gasteiger partial charge >= 0.3 is 0 Å². The molecule has 96 valence electrons. The van der Waals surface area contributed by atoms with Gasteiger partial charge in [0, 0.05) is 21.3 Å². The summed E-state index contributed by atoms with van der Waals surface area (Å²) < 4.78 is 1.12. The molecule has 5 heteroatoms. The molecule has 0 aliphatic heterocycles. The lowest BCUT2D eigenvalue weighted by molar-refractivity contribution is 0.713. The Morgan fingerprint density at radius 1 is 1.44 bits per heavy atom. The van der Waals surface area contributed by atoms with Crippen LogP contribution in [-0.4, -0.2) is 11.5 Å². The number of nitrogens with one attached hydrogen (secondary N) is 1. The fourth-order valence-corrected chi connectivity index (χ4v) is 3.77. The van der Waals surface area contributed by atoms with Gasteiger partial charge in [0.1, 0.15) is 5.01 Å². The van der Waals surface area contributed by atoms with Crippen molar-refractivity contribution >= 4 is 39.0 Å². The zero-order valence-corrected chi connectivity index (χ0v) is 13.4. The van der Waals surface area contributed by atoms with E-state index in [-0.39, 0.29) is 0 Å². The average Bonchev–Trinajstić information content (AvgIpc) is 2.82. The third-order valence-corrected chi connectivity index (χ3v) is 4.89. The molecule has 0 fully saturated rings. The summed E-state index contributed by atoms with van der Waals surface area (Å²) in [5.41, 5.74) is 1.15. The van der Waals surface area contributed by atoms with E-state index in [0.29, 0.717) is 0 Å². The predicted molar refractivity (Wildman–Crippen MR) is 83.2 cm³/mol. The number of rotatable bonds is 6. The van der Waals surface area contributed by atoms with Gasteiger partial charge in [-0.2, -0.15) is 0 Å². The smallest absolute Gasteiger partial charge is 0.103 e. The average molecular weight is 343 g/mol. The number of halogens is 1. The maximum absolute atomic E-state index is 4.61. The normalized spacial score (nSPS) is 10.8. The third-order valence-electron chi connectivity index (χ3n) is 2.31. The summed E-state index contributed by atoms with van der Waals surface area (Å²) in [5, 5.41) is 6.62. The van der Waals surface area contributed by atoms with Gasteiger partial charge in [0.05, 0.1) is 11.4 Å². The molecule has 0 unspecified atom stereocenters. The SMILES string of the molecule is CCNCc1csc(CSc2cccc(Br)c2)n1. The van der Waals surface area contributed by atoms with Crippen molar-refractivity contribution in [2.75, 3.05) is 6.54 Å². The number of thiazole rings is 1. The highest BCUT2D eigenvalue weighted by Crippen LogP contribution is 2.26. The van der Waals surface area contributed by atoms with E-state index in [1.54, 1.807) is 11.3 Å². The summed E-state index contributed by atoms with van der Waals surface area (Å²) in [7, 11) is 0. The number of hydrogen-bond donors (Lipinski definition) is 1. The van der Waals surface area contributed by atoms with Crippen LogP contribution in [0.25, 0.3) is 0 Å². The van der Waals surface area contributed by atoms with Crippen LogP contribution in [0, 0.1) is 0 Å². The van der Waals surface area contributed by atoms with E-state index in [1.165, 1.54) is 9.90 Å². The minimum absolute atomic E-state index is 0.870. The first kappa shape index (κ1) is 14.1. The van der Waals surface area contributed by atoms with E-state index in [2.05, 4.69) is 56.7 Å². The van der Waals surface area contributed by atoms with Crippen molar-refractivity contribution in [1.29, 1.82) is 0 Å². The molecule has 2 aromatic rings. The maximum atomic E-state index is 4.61. The minimum Gasteiger partial charge on any atom is -0.311 e. The van der Waals surface area contributed by atoms with Crippen LogP contribution in [0.15, 0.2) is 39.0 Å². The predicted octanol–water partition coefficient (Wildman–Crippen LogP) is 4.31. The Bertz CT molecular complexity index is 499. The first-order valence-corrected chi connectivity index (χ1v) is 8.46. The molecule has 2 rings (SSSR count). The standard InChI is InChI=1S/C13H15BrN2S2/c1-2-15-7-11-8-18-13(16-11)9-17-12-5-3-4-10(14)6-12/h3-6,8,15H,2,7,9H2,1H3. The molecule has 1 aromatic carbocycles. The van der Waals surface area contributed by atoms with Gasteiger partial charge in [-0.3, -0.25) is 0 Å². The Hall–Kier alpha value is -0.360. The van der Waals surface area contributed by atoms with E-state index >= 15 is 0 Å².